The molecule has 0 aliphatic carbocycles. The molecule has 0 saturated heterocycles. The van der Waals surface area contributed by atoms with Crippen molar-refractivity contribution >= 4 is 11.9 Å². The zero-order valence-electron chi connectivity index (χ0n) is 7.94. The molecule has 1 atom stereocenters. The summed E-state index contributed by atoms with van der Waals surface area (Å²) in [6.45, 7) is 2.36. The smallest absolute Gasteiger partial charge is 0.227 e. The highest BCUT2D eigenvalue weighted by atomic mass is 16.3. The minimum absolute atomic E-state index is 0.0925. The van der Waals surface area contributed by atoms with Crippen molar-refractivity contribution in [2.75, 3.05) is 24.2 Å². The average Bonchev–Trinajstić information content (AvgIpc) is 2.16. The first kappa shape index (κ1) is 10.6. The average molecular weight is 198 g/mol. The van der Waals surface area contributed by atoms with E-state index in [0.717, 1.165) is 0 Å². The Bertz CT molecular complexity index is 304. The third kappa shape index (κ3) is 2.51. The van der Waals surface area contributed by atoms with Gasteiger partial charge >= 0.3 is 0 Å². The van der Waals surface area contributed by atoms with Crippen LogP contribution < -0.4 is 16.8 Å². The lowest BCUT2D eigenvalue weighted by molar-refractivity contribution is 0.263. The number of hydrogen-bond donors (Lipinski definition) is 4. The third-order valence-electron chi connectivity index (χ3n) is 1.53. The van der Waals surface area contributed by atoms with Gasteiger partial charge in [0.15, 0.2) is 5.82 Å². The van der Waals surface area contributed by atoms with Crippen molar-refractivity contribution in [2.24, 2.45) is 5.73 Å². The number of hydrogen-bond acceptors (Lipinski definition) is 7. The molecule has 0 aliphatic heterocycles. The number of anilines is 2. The lowest BCUT2D eigenvalue weighted by Crippen LogP contribution is -2.20. The summed E-state index contributed by atoms with van der Waals surface area (Å²) < 4.78 is 0. The molecule has 0 amide bonds. The summed E-state index contributed by atoms with van der Waals surface area (Å²) in [5.41, 5.74) is 11.0. The Hall–Kier alpha value is -1.47. The summed E-state index contributed by atoms with van der Waals surface area (Å²) in [6.07, 6.45) is 0. The van der Waals surface area contributed by atoms with Crippen LogP contribution in [0.15, 0.2) is 0 Å². The van der Waals surface area contributed by atoms with Gasteiger partial charge in [0.25, 0.3) is 0 Å². The van der Waals surface area contributed by atoms with Gasteiger partial charge in [0.1, 0.15) is 0 Å². The van der Waals surface area contributed by atoms with E-state index in [1.807, 2.05) is 6.92 Å². The summed E-state index contributed by atoms with van der Waals surface area (Å²) in [7, 11) is 0. The van der Waals surface area contributed by atoms with Crippen molar-refractivity contribution in [3.63, 3.8) is 0 Å². The van der Waals surface area contributed by atoms with Gasteiger partial charge in [0, 0.05) is 6.54 Å². The Kier molecular flexibility index (Phi) is 3.55. The van der Waals surface area contributed by atoms with E-state index in [0.29, 0.717) is 12.5 Å². The molecule has 1 aromatic heterocycles. The van der Waals surface area contributed by atoms with Crippen LogP contribution in [0.5, 0.6) is 0 Å². The second-order valence-electron chi connectivity index (χ2n) is 2.69. The van der Waals surface area contributed by atoms with Gasteiger partial charge in [-0.05, 0) is 6.92 Å². The highest BCUT2D eigenvalue weighted by Gasteiger charge is 2.10. The molecular formula is C7H14N6O. The molecule has 0 unspecified atom stereocenters. The zero-order chi connectivity index (χ0) is 10.6. The maximum atomic E-state index is 8.81. The van der Waals surface area contributed by atoms with Crippen molar-refractivity contribution in [3.8, 4) is 0 Å². The molecule has 78 valence electrons. The Labute approximate surface area is 81.6 Å². The molecule has 7 nitrogen and oxygen atoms in total. The fraction of sp³-hybridized carbons (Fsp3) is 0.571. The van der Waals surface area contributed by atoms with Crippen LogP contribution in [-0.4, -0.2) is 33.2 Å². The topological polar surface area (TPSA) is 123 Å². The number of aliphatic hydroxyl groups is 1. The number of nitrogens with zero attached hydrogens (tertiary/aromatic N) is 3. The lowest BCUT2D eigenvalue weighted by atomic mass is 10.3. The second kappa shape index (κ2) is 4.68. The van der Waals surface area contributed by atoms with Gasteiger partial charge in [-0.1, -0.05) is 0 Å². The Balaban J connectivity index is 2.94. The maximum Gasteiger partial charge on any atom is 0.227 e. The van der Waals surface area contributed by atoms with Crippen LogP contribution in [0.2, 0.25) is 0 Å². The van der Waals surface area contributed by atoms with Crippen molar-refractivity contribution in [2.45, 2.75) is 13.0 Å². The minimum atomic E-state index is -0.627. The highest BCUT2D eigenvalue weighted by Crippen LogP contribution is 2.07. The molecule has 0 radical (unpaired) electrons. The first-order chi connectivity index (χ1) is 6.67. The summed E-state index contributed by atoms with van der Waals surface area (Å²) in [5.74, 6) is 0.754. The second-order valence-corrected chi connectivity index (χ2v) is 2.69. The van der Waals surface area contributed by atoms with Gasteiger partial charge in [-0.25, -0.2) is 0 Å². The Morgan fingerprint density at radius 1 is 1.43 bits per heavy atom. The number of nitrogens with two attached hydrogens (primary N) is 2. The largest absolute Gasteiger partial charge is 0.394 e. The molecule has 1 aromatic rings. The monoisotopic (exact) mass is 198 g/mol. The number of rotatable bonds is 4. The molecule has 0 bridgehead atoms. The van der Waals surface area contributed by atoms with E-state index in [-0.39, 0.29) is 18.4 Å². The predicted octanol–water partition coefficient (Wildman–Crippen LogP) is -1.12. The highest BCUT2D eigenvalue weighted by molar-refractivity contribution is 5.31. The fourth-order valence-electron chi connectivity index (χ4n) is 0.894. The number of aromatic nitrogens is 3. The predicted molar refractivity (Wildman–Crippen MR) is 52.4 cm³/mol. The summed E-state index contributed by atoms with van der Waals surface area (Å²) in [5, 5.41) is 11.7. The molecule has 0 aromatic carbocycles. The normalized spacial score (nSPS) is 12.5. The van der Waals surface area contributed by atoms with Gasteiger partial charge in [-0.2, -0.15) is 15.0 Å². The summed E-state index contributed by atoms with van der Waals surface area (Å²) >= 11 is 0. The van der Waals surface area contributed by atoms with Gasteiger partial charge in [-0.3, -0.25) is 0 Å². The van der Waals surface area contributed by atoms with Gasteiger partial charge in [-0.15, -0.1) is 0 Å². The molecule has 7 heteroatoms. The Morgan fingerprint density at radius 3 is 2.71 bits per heavy atom. The molecule has 1 heterocycles. The molecular weight excluding hydrogens is 184 g/mol. The molecule has 0 saturated carbocycles. The van der Waals surface area contributed by atoms with Crippen molar-refractivity contribution in [1.29, 1.82) is 0 Å². The SMILES string of the molecule is CCNc1nc(N)nc([C@@H](N)CO)n1. The first-order valence-electron chi connectivity index (χ1n) is 4.29. The Morgan fingerprint density at radius 2 is 2.14 bits per heavy atom. The van der Waals surface area contributed by atoms with Crippen LogP contribution in [0.1, 0.15) is 18.8 Å². The van der Waals surface area contributed by atoms with E-state index in [9.17, 15) is 0 Å². The van der Waals surface area contributed by atoms with Crippen LogP contribution in [-0.2, 0) is 0 Å². The van der Waals surface area contributed by atoms with Gasteiger partial charge < -0.3 is 21.9 Å². The number of nitrogens with one attached hydrogen (secondary N) is 1. The lowest BCUT2D eigenvalue weighted by Gasteiger charge is -2.08. The van der Waals surface area contributed by atoms with E-state index in [2.05, 4.69) is 20.3 Å². The summed E-state index contributed by atoms with van der Waals surface area (Å²) in [4.78, 5) is 11.7. The van der Waals surface area contributed by atoms with E-state index < -0.39 is 6.04 Å². The van der Waals surface area contributed by atoms with Crippen molar-refractivity contribution in [1.82, 2.24) is 15.0 Å². The zero-order valence-corrected chi connectivity index (χ0v) is 7.94. The molecule has 0 aliphatic rings. The van der Waals surface area contributed by atoms with Crippen LogP contribution in [0.25, 0.3) is 0 Å². The van der Waals surface area contributed by atoms with Crippen LogP contribution in [0.3, 0.4) is 0 Å². The van der Waals surface area contributed by atoms with E-state index in [4.69, 9.17) is 16.6 Å². The molecule has 1 rings (SSSR count). The van der Waals surface area contributed by atoms with Crippen LogP contribution >= 0.6 is 0 Å². The minimum Gasteiger partial charge on any atom is -0.394 e. The quantitative estimate of drug-likeness (QED) is 0.483. The van der Waals surface area contributed by atoms with Gasteiger partial charge in [0.2, 0.25) is 11.9 Å². The molecule has 0 spiro atoms. The van der Waals surface area contributed by atoms with Crippen molar-refractivity contribution < 1.29 is 5.11 Å². The van der Waals surface area contributed by atoms with E-state index >= 15 is 0 Å². The molecule has 0 fully saturated rings. The van der Waals surface area contributed by atoms with E-state index in [1.165, 1.54) is 0 Å². The van der Waals surface area contributed by atoms with Crippen LogP contribution in [0.4, 0.5) is 11.9 Å². The fourth-order valence-corrected chi connectivity index (χ4v) is 0.894. The molecule has 6 N–H and O–H groups in total. The maximum absolute atomic E-state index is 8.81. The van der Waals surface area contributed by atoms with Crippen molar-refractivity contribution in [3.05, 3.63) is 5.82 Å². The first-order valence-corrected chi connectivity index (χ1v) is 4.29. The number of aliphatic hydroxyl groups excluding tert-OH is 1. The number of nitrogen functional groups attached to an aromatic ring is 1. The van der Waals surface area contributed by atoms with Crippen LogP contribution in [0, 0.1) is 0 Å². The van der Waals surface area contributed by atoms with E-state index in [1.54, 1.807) is 0 Å². The standard InChI is InChI=1S/C7H14N6O/c1-2-10-7-12-5(4(8)3-14)11-6(9)13-7/h4,14H,2-3,8H2,1H3,(H3,9,10,11,12,13)/t4-/m0/s1. The molecule has 14 heavy (non-hydrogen) atoms. The third-order valence-corrected chi connectivity index (χ3v) is 1.53. The summed E-state index contributed by atoms with van der Waals surface area (Å²) in [6, 6.07) is -0.627. The van der Waals surface area contributed by atoms with Gasteiger partial charge in [0.05, 0.1) is 12.6 Å².